The highest BCUT2D eigenvalue weighted by Gasteiger charge is 2.35. The fraction of sp³-hybridized carbons (Fsp3) is 0.615. The second kappa shape index (κ2) is 5.65. The highest BCUT2D eigenvalue weighted by atomic mass is 35.5. The van der Waals surface area contributed by atoms with Gasteiger partial charge in [0.25, 0.3) is 5.91 Å². The molecular formula is C13H18ClN3O. The monoisotopic (exact) mass is 267 g/mol. The maximum absolute atomic E-state index is 12.1. The number of carbonyl (C=O) groups excluding carboxylic acids is 1. The van der Waals surface area contributed by atoms with E-state index >= 15 is 0 Å². The van der Waals surface area contributed by atoms with E-state index in [4.69, 9.17) is 11.6 Å². The quantitative estimate of drug-likeness (QED) is 0.856. The maximum Gasteiger partial charge on any atom is 0.254 e. The number of nitrogens with zero attached hydrogens (tertiary/aromatic N) is 2. The lowest BCUT2D eigenvalue weighted by Gasteiger charge is -2.38. The van der Waals surface area contributed by atoms with Crippen LogP contribution < -0.4 is 5.32 Å². The van der Waals surface area contributed by atoms with Gasteiger partial charge in [-0.05, 0) is 31.6 Å². The molecule has 0 atom stereocenters. The molecule has 1 aromatic rings. The van der Waals surface area contributed by atoms with Gasteiger partial charge in [0.15, 0.2) is 0 Å². The van der Waals surface area contributed by atoms with Crippen LogP contribution in [0.5, 0.6) is 0 Å². The van der Waals surface area contributed by atoms with Crippen molar-refractivity contribution in [2.75, 3.05) is 5.88 Å². The first-order valence-electron chi connectivity index (χ1n) is 6.29. The predicted octanol–water partition coefficient (Wildman–Crippen LogP) is 2.39. The molecule has 0 spiro atoms. The highest BCUT2D eigenvalue weighted by molar-refractivity contribution is 6.19. The Morgan fingerprint density at radius 1 is 1.44 bits per heavy atom. The fourth-order valence-corrected chi connectivity index (χ4v) is 2.67. The third-order valence-corrected chi connectivity index (χ3v) is 4.20. The summed E-state index contributed by atoms with van der Waals surface area (Å²) in [4.78, 5) is 19.8. The van der Waals surface area contributed by atoms with Gasteiger partial charge in [-0.3, -0.25) is 4.79 Å². The molecule has 0 saturated heterocycles. The number of rotatable bonds is 3. The molecule has 0 unspecified atom stereocenters. The van der Waals surface area contributed by atoms with Crippen molar-refractivity contribution in [3.8, 4) is 0 Å². The van der Waals surface area contributed by atoms with Crippen LogP contribution >= 0.6 is 11.6 Å². The molecule has 1 saturated carbocycles. The Morgan fingerprint density at radius 3 is 2.61 bits per heavy atom. The zero-order chi connectivity index (χ0) is 13.0. The molecule has 1 N–H and O–H groups in total. The lowest BCUT2D eigenvalue weighted by Crippen LogP contribution is -2.52. The summed E-state index contributed by atoms with van der Waals surface area (Å²) in [5.41, 5.74) is 0.224. The molecule has 1 heterocycles. The van der Waals surface area contributed by atoms with E-state index in [2.05, 4.69) is 22.2 Å². The van der Waals surface area contributed by atoms with Gasteiger partial charge in [-0.2, -0.15) is 0 Å². The second-order valence-electron chi connectivity index (χ2n) is 5.18. The summed E-state index contributed by atoms with van der Waals surface area (Å²) in [6, 6.07) is 0. The smallest absolute Gasteiger partial charge is 0.254 e. The molecule has 1 aliphatic carbocycles. The SMILES string of the molecule is CC1CCC(CCl)(NC(=O)c2cncnc2)CC1. The molecule has 18 heavy (non-hydrogen) atoms. The van der Waals surface area contributed by atoms with Crippen molar-refractivity contribution < 1.29 is 4.79 Å². The van der Waals surface area contributed by atoms with Crippen LogP contribution in [0, 0.1) is 5.92 Å². The first kappa shape index (κ1) is 13.3. The average molecular weight is 268 g/mol. The minimum Gasteiger partial charge on any atom is -0.345 e. The van der Waals surface area contributed by atoms with Gasteiger partial charge in [-0.15, -0.1) is 11.6 Å². The van der Waals surface area contributed by atoms with Crippen molar-refractivity contribution in [2.45, 2.75) is 38.1 Å². The second-order valence-corrected chi connectivity index (χ2v) is 5.45. The fourth-order valence-electron chi connectivity index (χ4n) is 2.34. The zero-order valence-electron chi connectivity index (χ0n) is 10.5. The number of alkyl halides is 1. The van der Waals surface area contributed by atoms with Gasteiger partial charge in [-0.25, -0.2) is 9.97 Å². The highest BCUT2D eigenvalue weighted by Crippen LogP contribution is 2.32. The van der Waals surface area contributed by atoms with Crippen molar-refractivity contribution >= 4 is 17.5 Å². The van der Waals surface area contributed by atoms with Crippen LogP contribution in [0.1, 0.15) is 43.0 Å². The maximum atomic E-state index is 12.1. The minimum absolute atomic E-state index is 0.134. The summed E-state index contributed by atoms with van der Waals surface area (Å²) in [6.07, 6.45) is 8.56. The molecule has 98 valence electrons. The Morgan fingerprint density at radius 2 is 2.06 bits per heavy atom. The molecule has 0 aromatic carbocycles. The van der Waals surface area contributed by atoms with Gasteiger partial charge in [0.1, 0.15) is 6.33 Å². The molecular weight excluding hydrogens is 250 g/mol. The van der Waals surface area contributed by atoms with Crippen molar-refractivity contribution in [1.82, 2.24) is 15.3 Å². The lowest BCUT2D eigenvalue weighted by atomic mass is 9.78. The summed E-state index contributed by atoms with van der Waals surface area (Å²) in [7, 11) is 0. The third-order valence-electron chi connectivity index (χ3n) is 3.69. The van der Waals surface area contributed by atoms with E-state index in [0.29, 0.717) is 11.4 Å². The zero-order valence-corrected chi connectivity index (χ0v) is 11.3. The van der Waals surface area contributed by atoms with E-state index in [1.165, 1.54) is 18.7 Å². The Kier molecular flexibility index (Phi) is 4.17. The normalized spacial score (nSPS) is 27.8. The molecule has 1 amide bonds. The predicted molar refractivity (Wildman–Crippen MR) is 70.6 cm³/mol. The van der Waals surface area contributed by atoms with E-state index in [1.54, 1.807) is 0 Å². The molecule has 4 nitrogen and oxygen atoms in total. The van der Waals surface area contributed by atoms with Gasteiger partial charge >= 0.3 is 0 Å². The van der Waals surface area contributed by atoms with Crippen molar-refractivity contribution in [3.05, 3.63) is 24.3 Å². The van der Waals surface area contributed by atoms with Crippen molar-refractivity contribution in [3.63, 3.8) is 0 Å². The summed E-state index contributed by atoms with van der Waals surface area (Å²) in [5.74, 6) is 1.04. The van der Waals surface area contributed by atoms with Crippen LogP contribution in [-0.2, 0) is 0 Å². The van der Waals surface area contributed by atoms with Crippen molar-refractivity contribution in [1.29, 1.82) is 0 Å². The summed E-state index contributed by atoms with van der Waals surface area (Å²) in [6.45, 7) is 2.24. The van der Waals surface area contributed by atoms with E-state index in [9.17, 15) is 4.79 Å². The number of aromatic nitrogens is 2. The number of nitrogens with one attached hydrogen (secondary N) is 1. The summed E-state index contributed by atoms with van der Waals surface area (Å²) >= 11 is 6.07. The molecule has 1 fully saturated rings. The largest absolute Gasteiger partial charge is 0.345 e. The topological polar surface area (TPSA) is 54.9 Å². The molecule has 2 rings (SSSR count). The third kappa shape index (κ3) is 2.99. The Bertz CT molecular complexity index is 402. The van der Waals surface area contributed by atoms with Crippen LogP contribution in [0.2, 0.25) is 0 Å². The lowest BCUT2D eigenvalue weighted by molar-refractivity contribution is 0.0871. The number of amides is 1. The van der Waals surface area contributed by atoms with Crippen molar-refractivity contribution in [2.24, 2.45) is 5.92 Å². The van der Waals surface area contributed by atoms with Crippen LogP contribution in [0.3, 0.4) is 0 Å². The van der Waals surface area contributed by atoms with Crippen LogP contribution in [0.15, 0.2) is 18.7 Å². The van der Waals surface area contributed by atoms with Gasteiger partial charge < -0.3 is 5.32 Å². The summed E-state index contributed by atoms with van der Waals surface area (Å²) in [5, 5.41) is 3.07. The standard InChI is InChI=1S/C13H18ClN3O/c1-10-2-4-13(8-14,5-3-10)17-12(18)11-6-15-9-16-7-11/h6-7,9-10H,2-5,8H2,1H3,(H,17,18). The molecule has 0 aliphatic heterocycles. The molecule has 0 radical (unpaired) electrons. The molecule has 5 heteroatoms. The molecule has 0 bridgehead atoms. The van der Waals surface area contributed by atoms with E-state index in [1.807, 2.05) is 0 Å². The van der Waals surface area contributed by atoms with E-state index < -0.39 is 0 Å². The number of hydrogen-bond acceptors (Lipinski definition) is 3. The van der Waals surface area contributed by atoms with Crippen LogP contribution in [-0.4, -0.2) is 27.3 Å². The van der Waals surface area contributed by atoms with Gasteiger partial charge in [0, 0.05) is 18.3 Å². The van der Waals surface area contributed by atoms with Gasteiger partial charge in [-0.1, -0.05) is 6.92 Å². The Labute approximate surface area is 112 Å². The molecule has 1 aliphatic rings. The van der Waals surface area contributed by atoms with Crippen LogP contribution in [0.4, 0.5) is 0 Å². The van der Waals surface area contributed by atoms with E-state index in [0.717, 1.165) is 31.6 Å². The summed E-state index contributed by atoms with van der Waals surface area (Å²) < 4.78 is 0. The average Bonchev–Trinajstić information content (AvgIpc) is 2.43. The minimum atomic E-state index is -0.263. The van der Waals surface area contributed by atoms with E-state index in [-0.39, 0.29) is 11.4 Å². The number of hydrogen-bond donors (Lipinski definition) is 1. The van der Waals surface area contributed by atoms with Gasteiger partial charge in [0.05, 0.1) is 11.1 Å². The number of halogens is 1. The number of carbonyl (C=O) groups is 1. The Balaban J connectivity index is 2.05. The molecule has 1 aromatic heterocycles. The van der Waals surface area contributed by atoms with Gasteiger partial charge in [0.2, 0.25) is 0 Å². The first-order chi connectivity index (χ1) is 8.65. The first-order valence-corrected chi connectivity index (χ1v) is 6.82. The Hall–Kier alpha value is -1.16. The van der Waals surface area contributed by atoms with Crippen LogP contribution in [0.25, 0.3) is 0 Å².